The van der Waals surface area contributed by atoms with Crippen molar-refractivity contribution in [1.29, 1.82) is 0 Å². The Hall–Kier alpha value is -1.26. The highest BCUT2D eigenvalue weighted by Crippen LogP contribution is 2.27. The Morgan fingerprint density at radius 2 is 1.59 bits per heavy atom. The maximum Gasteiger partial charge on any atom is 0.315 e. The van der Waals surface area contributed by atoms with Crippen LogP contribution in [0.3, 0.4) is 0 Å². The molecule has 2 N–H and O–H groups in total. The lowest BCUT2D eigenvalue weighted by molar-refractivity contribution is -0.133. The maximum atomic E-state index is 12.1. The third kappa shape index (κ3) is 4.37. The number of primary amides is 1. The standard InChI is InChI=1S/C17H31N3O2/c1-13(2)12-16(21)19-10-8-15(9-11-19)20(17(18)22)14-6-4-3-5-7-14/h13-15H,3-12H2,1-2H3,(H2,18,22). The Morgan fingerprint density at radius 3 is 2.09 bits per heavy atom. The van der Waals surface area contributed by atoms with E-state index in [2.05, 4.69) is 13.8 Å². The van der Waals surface area contributed by atoms with E-state index in [1.165, 1.54) is 19.3 Å². The zero-order valence-corrected chi connectivity index (χ0v) is 14.1. The fraction of sp³-hybridized carbons (Fsp3) is 0.882. The second kappa shape index (κ2) is 7.84. The number of amides is 3. The topological polar surface area (TPSA) is 66.6 Å². The summed E-state index contributed by atoms with van der Waals surface area (Å²) in [7, 11) is 0. The number of carbonyl (C=O) groups excluding carboxylic acids is 2. The van der Waals surface area contributed by atoms with Crippen molar-refractivity contribution in [2.24, 2.45) is 11.7 Å². The molecule has 22 heavy (non-hydrogen) atoms. The van der Waals surface area contributed by atoms with Gasteiger partial charge in [0.2, 0.25) is 5.91 Å². The van der Waals surface area contributed by atoms with E-state index in [1.807, 2.05) is 9.80 Å². The molecule has 0 atom stereocenters. The summed E-state index contributed by atoms with van der Waals surface area (Å²) in [4.78, 5) is 28.0. The Labute approximate surface area is 134 Å². The smallest absolute Gasteiger partial charge is 0.315 e. The predicted octanol–water partition coefficient (Wildman–Crippen LogP) is 2.74. The first-order valence-corrected chi connectivity index (χ1v) is 8.84. The molecule has 0 radical (unpaired) electrons. The summed E-state index contributed by atoms with van der Waals surface area (Å²) >= 11 is 0. The van der Waals surface area contributed by atoms with Crippen LogP contribution in [0.1, 0.15) is 65.2 Å². The second-order valence-corrected chi connectivity index (χ2v) is 7.25. The van der Waals surface area contributed by atoms with E-state index in [0.29, 0.717) is 18.4 Å². The minimum absolute atomic E-state index is 0.212. The first kappa shape index (κ1) is 17.1. The molecule has 0 unspecified atom stereocenters. The van der Waals surface area contributed by atoms with Crippen molar-refractivity contribution in [2.75, 3.05) is 13.1 Å². The van der Waals surface area contributed by atoms with Crippen molar-refractivity contribution in [3.8, 4) is 0 Å². The fourth-order valence-corrected chi connectivity index (χ4v) is 3.89. The van der Waals surface area contributed by atoms with Gasteiger partial charge >= 0.3 is 6.03 Å². The largest absolute Gasteiger partial charge is 0.351 e. The first-order valence-electron chi connectivity index (χ1n) is 8.84. The molecule has 1 heterocycles. The number of piperidine rings is 1. The highest BCUT2D eigenvalue weighted by molar-refractivity contribution is 5.76. The van der Waals surface area contributed by atoms with E-state index in [1.54, 1.807) is 0 Å². The molecule has 0 bridgehead atoms. The van der Waals surface area contributed by atoms with Crippen molar-refractivity contribution in [1.82, 2.24) is 9.80 Å². The molecule has 0 aromatic rings. The molecule has 2 rings (SSSR count). The molecule has 2 aliphatic rings. The molecular weight excluding hydrogens is 278 g/mol. The minimum atomic E-state index is -0.279. The van der Waals surface area contributed by atoms with E-state index < -0.39 is 0 Å². The third-order valence-electron chi connectivity index (χ3n) is 5.02. The average molecular weight is 309 g/mol. The molecule has 5 nitrogen and oxygen atoms in total. The molecular formula is C17H31N3O2. The zero-order chi connectivity index (χ0) is 16.1. The van der Waals surface area contributed by atoms with Gasteiger partial charge in [-0.05, 0) is 31.6 Å². The molecule has 0 aromatic carbocycles. The van der Waals surface area contributed by atoms with Gasteiger partial charge in [0, 0.05) is 31.6 Å². The summed E-state index contributed by atoms with van der Waals surface area (Å²) < 4.78 is 0. The molecule has 5 heteroatoms. The van der Waals surface area contributed by atoms with Crippen LogP contribution in [0.4, 0.5) is 4.79 Å². The zero-order valence-electron chi connectivity index (χ0n) is 14.1. The van der Waals surface area contributed by atoms with Crippen LogP contribution in [0, 0.1) is 5.92 Å². The predicted molar refractivity (Wildman–Crippen MR) is 87.4 cm³/mol. The highest BCUT2D eigenvalue weighted by Gasteiger charge is 2.33. The van der Waals surface area contributed by atoms with Crippen LogP contribution < -0.4 is 5.73 Å². The van der Waals surface area contributed by atoms with Crippen LogP contribution in [0.25, 0.3) is 0 Å². The summed E-state index contributed by atoms with van der Waals surface area (Å²) in [5.74, 6) is 0.645. The van der Waals surface area contributed by atoms with Crippen LogP contribution in [0.2, 0.25) is 0 Å². The summed E-state index contributed by atoms with van der Waals surface area (Å²) in [6.45, 7) is 5.66. The van der Waals surface area contributed by atoms with Crippen molar-refractivity contribution in [3.05, 3.63) is 0 Å². The van der Waals surface area contributed by atoms with Gasteiger partial charge in [-0.3, -0.25) is 4.79 Å². The lowest BCUT2D eigenvalue weighted by Gasteiger charge is -2.43. The van der Waals surface area contributed by atoms with Gasteiger partial charge in [-0.25, -0.2) is 4.79 Å². The van der Waals surface area contributed by atoms with Crippen LogP contribution in [-0.2, 0) is 4.79 Å². The van der Waals surface area contributed by atoms with Crippen molar-refractivity contribution >= 4 is 11.9 Å². The molecule has 126 valence electrons. The van der Waals surface area contributed by atoms with Gasteiger partial charge in [-0.2, -0.15) is 0 Å². The van der Waals surface area contributed by atoms with Gasteiger partial charge in [0.15, 0.2) is 0 Å². The minimum Gasteiger partial charge on any atom is -0.351 e. The van der Waals surface area contributed by atoms with Gasteiger partial charge in [0.1, 0.15) is 0 Å². The molecule has 1 aliphatic heterocycles. The third-order valence-corrected chi connectivity index (χ3v) is 5.02. The number of rotatable bonds is 4. The Bertz CT molecular complexity index is 383. The Balaban J connectivity index is 1.90. The first-order chi connectivity index (χ1) is 10.5. The average Bonchev–Trinajstić information content (AvgIpc) is 2.48. The number of likely N-dealkylation sites (tertiary alicyclic amines) is 1. The normalized spacial score (nSPS) is 21.1. The van der Waals surface area contributed by atoms with Gasteiger partial charge in [0.25, 0.3) is 0 Å². The molecule has 1 saturated heterocycles. The number of urea groups is 1. The molecule has 0 aromatic heterocycles. The summed E-state index contributed by atoms with van der Waals surface area (Å²) in [6.07, 6.45) is 8.16. The molecule has 1 aliphatic carbocycles. The van der Waals surface area contributed by atoms with Crippen molar-refractivity contribution in [2.45, 2.75) is 77.3 Å². The number of hydrogen-bond acceptors (Lipinski definition) is 2. The Morgan fingerprint density at radius 1 is 1.05 bits per heavy atom. The number of carbonyl (C=O) groups is 2. The second-order valence-electron chi connectivity index (χ2n) is 7.25. The van der Waals surface area contributed by atoms with Gasteiger partial charge in [-0.1, -0.05) is 33.1 Å². The van der Waals surface area contributed by atoms with Gasteiger partial charge < -0.3 is 15.5 Å². The monoisotopic (exact) mass is 309 g/mol. The Kier molecular flexibility index (Phi) is 6.09. The maximum absolute atomic E-state index is 12.1. The highest BCUT2D eigenvalue weighted by atomic mass is 16.2. The van der Waals surface area contributed by atoms with E-state index in [9.17, 15) is 9.59 Å². The number of nitrogens with zero attached hydrogens (tertiary/aromatic N) is 2. The van der Waals surface area contributed by atoms with Gasteiger partial charge in [0.05, 0.1) is 0 Å². The lowest BCUT2D eigenvalue weighted by Crippen LogP contribution is -2.54. The van der Waals surface area contributed by atoms with Crippen LogP contribution in [0.5, 0.6) is 0 Å². The summed E-state index contributed by atoms with van der Waals surface area (Å²) in [5.41, 5.74) is 5.67. The molecule has 0 spiro atoms. The fourth-order valence-electron chi connectivity index (χ4n) is 3.89. The quantitative estimate of drug-likeness (QED) is 0.867. The van der Waals surface area contributed by atoms with Crippen LogP contribution in [0.15, 0.2) is 0 Å². The van der Waals surface area contributed by atoms with Crippen LogP contribution >= 0.6 is 0 Å². The summed E-state index contributed by atoms with van der Waals surface area (Å²) in [5, 5.41) is 0. The molecule has 2 fully saturated rings. The number of nitrogens with two attached hydrogens (primary N) is 1. The van der Waals surface area contributed by atoms with E-state index >= 15 is 0 Å². The van der Waals surface area contributed by atoms with Crippen molar-refractivity contribution < 1.29 is 9.59 Å². The SMILES string of the molecule is CC(C)CC(=O)N1CCC(N(C(N)=O)C2CCCCC2)CC1. The lowest BCUT2D eigenvalue weighted by atomic mass is 9.91. The summed E-state index contributed by atoms with van der Waals surface area (Å²) in [6, 6.07) is 0.247. The van der Waals surface area contributed by atoms with Gasteiger partial charge in [-0.15, -0.1) is 0 Å². The van der Waals surface area contributed by atoms with E-state index in [4.69, 9.17) is 5.73 Å². The van der Waals surface area contributed by atoms with Crippen molar-refractivity contribution in [3.63, 3.8) is 0 Å². The molecule has 3 amide bonds. The molecule has 1 saturated carbocycles. The van der Waals surface area contributed by atoms with Crippen LogP contribution in [-0.4, -0.2) is 46.9 Å². The van der Waals surface area contributed by atoms with E-state index in [0.717, 1.165) is 38.8 Å². The van der Waals surface area contributed by atoms with E-state index in [-0.39, 0.29) is 18.0 Å². The number of hydrogen-bond donors (Lipinski definition) is 1.